The van der Waals surface area contributed by atoms with E-state index < -0.39 is 9.84 Å². The summed E-state index contributed by atoms with van der Waals surface area (Å²) >= 11 is 9.26. The first-order valence-electron chi connectivity index (χ1n) is 5.04. The van der Waals surface area contributed by atoms with Crippen molar-refractivity contribution in [3.8, 4) is 0 Å². The van der Waals surface area contributed by atoms with Crippen LogP contribution in [0, 0.1) is 0 Å². The zero-order valence-corrected chi connectivity index (χ0v) is 12.0. The molecule has 0 amide bonds. The van der Waals surface area contributed by atoms with Gasteiger partial charge in [0, 0.05) is 27.5 Å². The molecule has 0 aromatic heterocycles. The summed E-state index contributed by atoms with van der Waals surface area (Å²) in [6, 6.07) is 5.43. The second-order valence-electron chi connectivity index (χ2n) is 3.88. The van der Waals surface area contributed by atoms with Crippen molar-refractivity contribution >= 4 is 37.4 Å². The molecule has 1 aliphatic rings. The molecule has 0 radical (unpaired) electrons. The van der Waals surface area contributed by atoms with Gasteiger partial charge in [-0.3, -0.25) is 0 Å². The molecule has 0 spiro atoms. The van der Waals surface area contributed by atoms with E-state index >= 15 is 0 Å². The monoisotopic (exact) mass is 335 g/mol. The minimum Gasteiger partial charge on any atom is -0.305 e. The Hall–Kier alpha value is -0.360. The number of nitrogens with one attached hydrogen (secondary N) is 1. The third-order valence-electron chi connectivity index (χ3n) is 2.50. The van der Waals surface area contributed by atoms with Crippen LogP contribution in [0.4, 0.5) is 0 Å². The predicted octanol–water partition coefficient (Wildman–Crippen LogP) is 2.50. The summed E-state index contributed by atoms with van der Waals surface area (Å²) in [7, 11) is -2.99. The molecule has 1 unspecified atom stereocenters. The average molecular weight is 337 g/mol. The molecule has 17 heavy (non-hydrogen) atoms. The van der Waals surface area contributed by atoms with E-state index in [1.54, 1.807) is 6.08 Å². The van der Waals surface area contributed by atoms with E-state index in [1.165, 1.54) is 5.41 Å². The third-order valence-corrected chi connectivity index (χ3v) is 4.87. The fourth-order valence-electron chi connectivity index (χ4n) is 1.61. The van der Waals surface area contributed by atoms with Gasteiger partial charge in [-0.05, 0) is 17.7 Å². The Kier molecular flexibility index (Phi) is 3.92. The highest BCUT2D eigenvalue weighted by molar-refractivity contribution is 9.10. The van der Waals surface area contributed by atoms with E-state index in [0.717, 1.165) is 10.0 Å². The molecule has 2 rings (SSSR count). The summed E-state index contributed by atoms with van der Waals surface area (Å²) in [5.41, 5.74) is 1.05. The van der Waals surface area contributed by atoms with E-state index in [0.29, 0.717) is 11.6 Å². The third kappa shape index (κ3) is 3.55. The second-order valence-corrected chi connectivity index (χ2v) is 7.10. The summed E-state index contributed by atoms with van der Waals surface area (Å²) in [6.07, 6.45) is 1.68. The van der Waals surface area contributed by atoms with Gasteiger partial charge in [0.2, 0.25) is 0 Å². The number of rotatable bonds is 3. The lowest BCUT2D eigenvalue weighted by Crippen LogP contribution is -2.29. The minimum atomic E-state index is -2.99. The highest BCUT2D eigenvalue weighted by Crippen LogP contribution is 2.21. The highest BCUT2D eigenvalue weighted by atomic mass is 79.9. The number of halogens is 2. The largest absolute Gasteiger partial charge is 0.305 e. The van der Waals surface area contributed by atoms with Gasteiger partial charge in [0.15, 0.2) is 9.84 Å². The van der Waals surface area contributed by atoms with Crippen molar-refractivity contribution in [2.75, 3.05) is 5.75 Å². The van der Waals surface area contributed by atoms with E-state index in [2.05, 4.69) is 21.2 Å². The SMILES string of the molecule is O=S1(=O)C=CC(NCc2ccc(Cl)cc2Br)C1. The Morgan fingerprint density at radius 3 is 2.82 bits per heavy atom. The summed E-state index contributed by atoms with van der Waals surface area (Å²) in [5, 5.41) is 5.11. The van der Waals surface area contributed by atoms with Gasteiger partial charge in [-0.15, -0.1) is 0 Å². The van der Waals surface area contributed by atoms with Crippen LogP contribution in [0.25, 0.3) is 0 Å². The fraction of sp³-hybridized carbons (Fsp3) is 0.273. The quantitative estimate of drug-likeness (QED) is 0.922. The van der Waals surface area contributed by atoms with Crippen LogP contribution in [0.5, 0.6) is 0 Å². The topological polar surface area (TPSA) is 46.2 Å². The van der Waals surface area contributed by atoms with Crippen molar-refractivity contribution in [1.82, 2.24) is 5.32 Å². The van der Waals surface area contributed by atoms with Gasteiger partial charge in [0.05, 0.1) is 5.75 Å². The van der Waals surface area contributed by atoms with Crippen LogP contribution in [-0.4, -0.2) is 20.2 Å². The highest BCUT2D eigenvalue weighted by Gasteiger charge is 2.20. The second kappa shape index (κ2) is 5.10. The lowest BCUT2D eigenvalue weighted by Gasteiger charge is -2.11. The summed E-state index contributed by atoms with van der Waals surface area (Å²) < 4.78 is 23.3. The zero-order valence-electron chi connectivity index (χ0n) is 8.86. The molecule has 1 heterocycles. The van der Waals surface area contributed by atoms with Crippen LogP contribution in [0.2, 0.25) is 5.02 Å². The van der Waals surface area contributed by atoms with Crippen molar-refractivity contribution in [2.24, 2.45) is 0 Å². The Balaban J connectivity index is 1.97. The lowest BCUT2D eigenvalue weighted by molar-refractivity contribution is 0.590. The Bertz CT molecular complexity index is 557. The Morgan fingerprint density at radius 1 is 1.47 bits per heavy atom. The molecule has 6 heteroatoms. The molecule has 3 nitrogen and oxygen atoms in total. The maximum atomic E-state index is 11.2. The molecule has 1 aromatic rings. The lowest BCUT2D eigenvalue weighted by atomic mass is 10.2. The number of sulfone groups is 1. The van der Waals surface area contributed by atoms with Crippen molar-refractivity contribution in [3.63, 3.8) is 0 Å². The molecular formula is C11H11BrClNO2S. The molecule has 0 aliphatic carbocycles. The Morgan fingerprint density at radius 2 is 2.24 bits per heavy atom. The first kappa shape index (κ1) is 13.1. The number of hydrogen-bond donors (Lipinski definition) is 1. The molecule has 92 valence electrons. The summed E-state index contributed by atoms with van der Waals surface area (Å²) in [4.78, 5) is 0. The van der Waals surface area contributed by atoms with Gasteiger partial charge in [-0.2, -0.15) is 0 Å². The van der Waals surface area contributed by atoms with Gasteiger partial charge in [-0.25, -0.2) is 8.42 Å². The van der Waals surface area contributed by atoms with Crippen LogP contribution < -0.4 is 5.32 Å². The number of hydrogen-bond acceptors (Lipinski definition) is 3. The maximum absolute atomic E-state index is 11.2. The summed E-state index contributed by atoms with van der Waals surface area (Å²) in [6.45, 7) is 0.599. The van der Waals surface area contributed by atoms with Crippen LogP contribution in [0.1, 0.15) is 5.56 Å². The van der Waals surface area contributed by atoms with Crippen LogP contribution in [0.15, 0.2) is 34.2 Å². The molecule has 0 saturated carbocycles. The Labute approximate surface area is 114 Å². The van der Waals surface area contributed by atoms with Gasteiger partial charge >= 0.3 is 0 Å². The molecule has 1 aliphatic heterocycles. The van der Waals surface area contributed by atoms with E-state index in [9.17, 15) is 8.42 Å². The van der Waals surface area contributed by atoms with Crippen molar-refractivity contribution in [3.05, 3.63) is 44.7 Å². The molecule has 1 atom stereocenters. The number of benzene rings is 1. The summed E-state index contributed by atoms with van der Waals surface area (Å²) in [5.74, 6) is 0.137. The van der Waals surface area contributed by atoms with Crippen LogP contribution >= 0.6 is 27.5 Å². The predicted molar refractivity (Wildman–Crippen MR) is 72.7 cm³/mol. The first-order valence-corrected chi connectivity index (χ1v) is 7.93. The molecular weight excluding hydrogens is 326 g/mol. The normalized spacial score (nSPS) is 21.9. The zero-order chi connectivity index (χ0) is 12.5. The standard InChI is InChI=1S/C11H11BrClNO2S/c12-11-5-9(13)2-1-8(11)6-14-10-3-4-17(15,16)7-10/h1-5,10,14H,6-7H2. The molecule has 1 aromatic carbocycles. The van der Waals surface area contributed by atoms with Gasteiger partial charge in [0.1, 0.15) is 0 Å². The fourth-order valence-corrected chi connectivity index (χ4v) is 3.70. The van der Waals surface area contributed by atoms with Crippen LogP contribution in [-0.2, 0) is 16.4 Å². The van der Waals surface area contributed by atoms with Crippen LogP contribution in [0.3, 0.4) is 0 Å². The van der Waals surface area contributed by atoms with Crippen molar-refractivity contribution < 1.29 is 8.42 Å². The van der Waals surface area contributed by atoms with E-state index in [1.807, 2.05) is 18.2 Å². The van der Waals surface area contributed by atoms with Gasteiger partial charge in [-0.1, -0.05) is 39.7 Å². The van der Waals surface area contributed by atoms with Crippen molar-refractivity contribution in [1.29, 1.82) is 0 Å². The minimum absolute atomic E-state index is 0.109. The first-order chi connectivity index (χ1) is 7.96. The molecule has 0 saturated heterocycles. The average Bonchev–Trinajstić information content (AvgIpc) is 2.57. The molecule has 0 fully saturated rings. The maximum Gasteiger partial charge on any atom is 0.173 e. The van der Waals surface area contributed by atoms with Gasteiger partial charge in [0.25, 0.3) is 0 Å². The van der Waals surface area contributed by atoms with E-state index in [-0.39, 0.29) is 11.8 Å². The van der Waals surface area contributed by atoms with E-state index in [4.69, 9.17) is 11.6 Å². The smallest absolute Gasteiger partial charge is 0.173 e. The van der Waals surface area contributed by atoms with Crippen molar-refractivity contribution in [2.45, 2.75) is 12.6 Å². The van der Waals surface area contributed by atoms with Gasteiger partial charge < -0.3 is 5.32 Å². The molecule has 1 N–H and O–H groups in total. The molecule has 0 bridgehead atoms.